The molecule has 0 aliphatic heterocycles. The van der Waals surface area contributed by atoms with Crippen LogP contribution in [0.1, 0.15) is 0 Å². The van der Waals surface area contributed by atoms with E-state index < -0.39 is 0 Å². The molecule has 0 unspecified atom stereocenters. The Morgan fingerprint density at radius 1 is 0.316 bits per heavy atom. The average molecular weight is 508 g/mol. The van der Waals surface area contributed by atoms with Crippen molar-refractivity contribution in [1.82, 2.24) is 0 Å². The Morgan fingerprint density at radius 2 is 0.684 bits per heavy atom. The first-order valence-corrected chi connectivity index (χ1v) is 13.1. The molecule has 6 aromatic rings. The smallest absolute Gasteiger partial charge is 0.0476 e. The lowest BCUT2D eigenvalue weighted by atomic mass is 10.00. The van der Waals surface area contributed by atoms with Gasteiger partial charge < -0.3 is 4.90 Å². The summed E-state index contributed by atoms with van der Waals surface area (Å²) in [7, 11) is 0. The van der Waals surface area contributed by atoms with Crippen LogP contribution in [0.2, 0.25) is 5.02 Å². The lowest BCUT2D eigenvalue weighted by molar-refractivity contribution is 1.28. The van der Waals surface area contributed by atoms with E-state index in [0.717, 1.165) is 17.1 Å². The third kappa shape index (κ3) is 5.11. The van der Waals surface area contributed by atoms with E-state index in [2.05, 4.69) is 132 Å². The Kier molecular flexibility index (Phi) is 6.76. The summed E-state index contributed by atoms with van der Waals surface area (Å²) < 4.78 is 0. The molecule has 182 valence electrons. The zero-order chi connectivity index (χ0) is 25.7. The molecule has 0 heterocycles. The lowest BCUT2D eigenvalue weighted by Gasteiger charge is -2.26. The number of hydrogen-bond donors (Lipinski definition) is 0. The fourth-order valence-electron chi connectivity index (χ4n) is 4.78. The second-order valence-electron chi connectivity index (χ2n) is 9.22. The zero-order valence-electron chi connectivity index (χ0n) is 20.8. The predicted molar refractivity (Wildman–Crippen MR) is 162 cm³/mol. The third-order valence-corrected chi connectivity index (χ3v) is 6.98. The Balaban J connectivity index is 1.32. The monoisotopic (exact) mass is 507 g/mol. The van der Waals surface area contributed by atoms with Crippen molar-refractivity contribution in [3.63, 3.8) is 0 Å². The normalized spacial score (nSPS) is 10.8. The van der Waals surface area contributed by atoms with E-state index in [-0.39, 0.29) is 0 Å². The molecular weight excluding hydrogens is 482 g/mol. The molecule has 0 radical (unpaired) electrons. The van der Waals surface area contributed by atoms with E-state index in [0.29, 0.717) is 5.02 Å². The Hall–Kier alpha value is -4.59. The first kappa shape index (κ1) is 23.8. The van der Waals surface area contributed by atoms with Crippen LogP contribution in [0.5, 0.6) is 0 Å². The number of nitrogens with zero attached hydrogens (tertiary/aromatic N) is 1. The van der Waals surface area contributed by atoms with Crippen LogP contribution >= 0.6 is 11.6 Å². The molecule has 1 nitrogen and oxygen atoms in total. The van der Waals surface area contributed by atoms with Gasteiger partial charge in [-0.1, -0.05) is 127 Å². The van der Waals surface area contributed by atoms with E-state index in [4.69, 9.17) is 11.6 Å². The average Bonchev–Trinajstić information content (AvgIpc) is 2.99. The van der Waals surface area contributed by atoms with E-state index >= 15 is 0 Å². The summed E-state index contributed by atoms with van der Waals surface area (Å²) in [6, 6.07) is 55.0. The fraction of sp³-hybridized carbons (Fsp3) is 0. The molecule has 6 rings (SSSR count). The highest BCUT2D eigenvalue weighted by molar-refractivity contribution is 6.30. The highest BCUT2D eigenvalue weighted by Crippen LogP contribution is 2.37. The van der Waals surface area contributed by atoms with Gasteiger partial charge in [-0.3, -0.25) is 0 Å². The predicted octanol–water partition coefficient (Wildman–Crippen LogP) is 10.8. The zero-order valence-corrected chi connectivity index (χ0v) is 21.6. The summed E-state index contributed by atoms with van der Waals surface area (Å²) in [5.74, 6) is 0. The number of rotatable bonds is 6. The maximum absolute atomic E-state index is 6.40. The van der Waals surface area contributed by atoms with Gasteiger partial charge in [0.1, 0.15) is 0 Å². The molecule has 0 amide bonds. The SMILES string of the molecule is Clc1cccc(N(c2ccc(-c3ccccc3)cc2)c2ccc(-c3ccc(-c4ccccc4)cc3)cc2)c1. The van der Waals surface area contributed by atoms with Crippen LogP contribution in [0.4, 0.5) is 17.1 Å². The summed E-state index contributed by atoms with van der Waals surface area (Å²) in [4.78, 5) is 2.24. The number of halogens is 1. The van der Waals surface area contributed by atoms with Gasteiger partial charge in [0.05, 0.1) is 0 Å². The summed E-state index contributed by atoms with van der Waals surface area (Å²) in [6.45, 7) is 0. The van der Waals surface area contributed by atoms with Crippen LogP contribution in [-0.2, 0) is 0 Å². The van der Waals surface area contributed by atoms with Gasteiger partial charge in [-0.15, -0.1) is 0 Å². The molecule has 0 N–H and O–H groups in total. The van der Waals surface area contributed by atoms with Crippen molar-refractivity contribution in [2.75, 3.05) is 4.90 Å². The van der Waals surface area contributed by atoms with Crippen molar-refractivity contribution in [2.45, 2.75) is 0 Å². The van der Waals surface area contributed by atoms with Crippen molar-refractivity contribution in [3.05, 3.63) is 163 Å². The van der Waals surface area contributed by atoms with Crippen molar-refractivity contribution in [1.29, 1.82) is 0 Å². The van der Waals surface area contributed by atoms with Crippen LogP contribution < -0.4 is 4.90 Å². The molecule has 0 fully saturated rings. The molecule has 6 aromatic carbocycles. The van der Waals surface area contributed by atoms with Crippen molar-refractivity contribution in [3.8, 4) is 33.4 Å². The van der Waals surface area contributed by atoms with Crippen molar-refractivity contribution < 1.29 is 0 Å². The Labute approximate surface area is 229 Å². The minimum absolute atomic E-state index is 0.712. The first-order chi connectivity index (χ1) is 18.7. The maximum atomic E-state index is 6.40. The van der Waals surface area contributed by atoms with Gasteiger partial charge in [0.2, 0.25) is 0 Å². The summed E-state index contributed by atoms with van der Waals surface area (Å²) in [5.41, 5.74) is 10.4. The molecule has 0 saturated heterocycles. The van der Waals surface area contributed by atoms with Gasteiger partial charge in [0, 0.05) is 22.1 Å². The molecule has 0 aromatic heterocycles. The molecule has 0 spiro atoms. The van der Waals surface area contributed by atoms with Gasteiger partial charge >= 0.3 is 0 Å². The molecular formula is C36H26ClN. The largest absolute Gasteiger partial charge is 0.310 e. The van der Waals surface area contributed by atoms with Crippen LogP contribution in [0.3, 0.4) is 0 Å². The molecule has 0 aliphatic rings. The third-order valence-electron chi connectivity index (χ3n) is 6.75. The molecule has 38 heavy (non-hydrogen) atoms. The number of hydrogen-bond acceptors (Lipinski definition) is 1. The summed E-state index contributed by atoms with van der Waals surface area (Å²) in [6.07, 6.45) is 0. The van der Waals surface area contributed by atoms with Crippen LogP contribution in [0.25, 0.3) is 33.4 Å². The summed E-state index contributed by atoms with van der Waals surface area (Å²) in [5, 5.41) is 0.712. The minimum Gasteiger partial charge on any atom is -0.310 e. The lowest BCUT2D eigenvalue weighted by Crippen LogP contribution is -2.09. The van der Waals surface area contributed by atoms with E-state index in [1.54, 1.807) is 0 Å². The van der Waals surface area contributed by atoms with E-state index in [1.807, 2.05) is 30.3 Å². The standard InChI is InChI=1S/C36H26ClN/c37-33-12-7-13-36(26-33)38(34-22-18-31(19-23-34)28-10-5-2-6-11-28)35-24-20-32(21-25-35)30-16-14-29(15-17-30)27-8-3-1-4-9-27/h1-26H. The van der Waals surface area contributed by atoms with Crippen LogP contribution in [-0.4, -0.2) is 0 Å². The fourth-order valence-corrected chi connectivity index (χ4v) is 4.97. The highest BCUT2D eigenvalue weighted by atomic mass is 35.5. The second-order valence-corrected chi connectivity index (χ2v) is 9.65. The topological polar surface area (TPSA) is 3.24 Å². The van der Waals surface area contributed by atoms with Crippen LogP contribution in [0.15, 0.2) is 158 Å². The molecule has 0 atom stereocenters. The molecule has 0 bridgehead atoms. The van der Waals surface area contributed by atoms with Crippen molar-refractivity contribution in [2.24, 2.45) is 0 Å². The molecule has 0 aliphatic carbocycles. The van der Waals surface area contributed by atoms with Gasteiger partial charge in [-0.25, -0.2) is 0 Å². The van der Waals surface area contributed by atoms with E-state index in [1.165, 1.54) is 33.4 Å². The minimum atomic E-state index is 0.712. The maximum Gasteiger partial charge on any atom is 0.0476 e. The Bertz CT molecular complexity index is 1620. The van der Waals surface area contributed by atoms with Gasteiger partial charge in [-0.05, 0) is 75.8 Å². The van der Waals surface area contributed by atoms with Gasteiger partial charge in [0.25, 0.3) is 0 Å². The quantitative estimate of drug-likeness (QED) is 0.216. The van der Waals surface area contributed by atoms with Crippen LogP contribution in [0, 0.1) is 0 Å². The first-order valence-electron chi connectivity index (χ1n) is 12.7. The molecule has 0 saturated carbocycles. The highest BCUT2D eigenvalue weighted by Gasteiger charge is 2.13. The van der Waals surface area contributed by atoms with Gasteiger partial charge in [0.15, 0.2) is 0 Å². The summed E-state index contributed by atoms with van der Waals surface area (Å²) >= 11 is 6.40. The number of benzene rings is 6. The second kappa shape index (κ2) is 10.8. The van der Waals surface area contributed by atoms with Gasteiger partial charge in [-0.2, -0.15) is 0 Å². The van der Waals surface area contributed by atoms with Crippen molar-refractivity contribution >= 4 is 28.7 Å². The van der Waals surface area contributed by atoms with E-state index in [9.17, 15) is 0 Å². The molecule has 2 heteroatoms. The Morgan fingerprint density at radius 3 is 1.08 bits per heavy atom. The number of anilines is 3.